The summed E-state index contributed by atoms with van der Waals surface area (Å²) < 4.78 is 41.8. The van der Waals surface area contributed by atoms with Crippen LogP contribution >= 0.6 is 23.6 Å². The van der Waals surface area contributed by atoms with E-state index in [1.54, 1.807) is 35.7 Å². The highest BCUT2D eigenvalue weighted by Crippen LogP contribution is 2.44. The molecule has 1 aromatic heterocycles. The Kier molecular flexibility index (Phi) is 6.40. The van der Waals surface area contributed by atoms with Crippen LogP contribution in [0.4, 0.5) is 18.9 Å². The lowest BCUT2D eigenvalue weighted by Crippen LogP contribution is -2.72. The molecule has 30 heavy (non-hydrogen) atoms. The third-order valence-corrected chi connectivity index (χ3v) is 6.34. The molecular formula is C20H22F3N3O2S2. The second kappa shape index (κ2) is 8.52. The number of carbonyl (C=O) groups excluding carboxylic acids is 1. The van der Waals surface area contributed by atoms with Crippen LogP contribution in [0.2, 0.25) is 0 Å². The predicted octanol–water partition coefficient (Wildman–Crippen LogP) is 3.86. The van der Waals surface area contributed by atoms with Gasteiger partial charge in [0.2, 0.25) is 5.72 Å². The first kappa shape index (κ1) is 22.5. The molecule has 1 saturated heterocycles. The Morgan fingerprint density at radius 1 is 1.23 bits per heavy atom. The normalized spacial score (nSPS) is 24.1. The molecule has 3 atom stereocenters. The number of Topliss-reactive ketones (excluding diaryl/α,β-unsaturated/α-hetero) is 1. The highest BCUT2D eigenvalue weighted by Gasteiger charge is 2.65. The molecule has 1 aliphatic rings. The molecule has 162 valence electrons. The first-order chi connectivity index (χ1) is 14.1. The monoisotopic (exact) mass is 457 g/mol. The molecule has 0 aliphatic carbocycles. The zero-order valence-electron chi connectivity index (χ0n) is 16.4. The van der Waals surface area contributed by atoms with Crippen LogP contribution in [0.25, 0.3) is 0 Å². The van der Waals surface area contributed by atoms with E-state index in [1.165, 1.54) is 6.07 Å². The van der Waals surface area contributed by atoms with Crippen molar-refractivity contribution in [3.8, 4) is 0 Å². The summed E-state index contributed by atoms with van der Waals surface area (Å²) in [6, 6.07) is 8.74. The van der Waals surface area contributed by atoms with E-state index in [-0.39, 0.29) is 9.99 Å². The third kappa shape index (κ3) is 4.03. The van der Waals surface area contributed by atoms with Crippen LogP contribution in [0, 0.1) is 5.92 Å². The van der Waals surface area contributed by atoms with E-state index in [1.807, 2.05) is 19.2 Å². The molecule has 0 amide bonds. The van der Waals surface area contributed by atoms with Crippen molar-refractivity contribution in [2.75, 3.05) is 18.0 Å². The summed E-state index contributed by atoms with van der Waals surface area (Å²) in [4.78, 5) is 15.3. The number of nitrogens with one attached hydrogen (secondary N) is 2. The number of hydrogen-bond acceptors (Lipinski definition) is 5. The molecule has 1 aliphatic heterocycles. The van der Waals surface area contributed by atoms with Crippen molar-refractivity contribution in [1.82, 2.24) is 10.6 Å². The van der Waals surface area contributed by atoms with Gasteiger partial charge in [-0.2, -0.15) is 13.2 Å². The Balaban J connectivity index is 2.07. The fraction of sp³-hybridized carbons (Fsp3) is 0.400. The van der Waals surface area contributed by atoms with Crippen molar-refractivity contribution in [2.24, 2.45) is 5.92 Å². The fourth-order valence-corrected chi connectivity index (χ4v) is 4.66. The van der Waals surface area contributed by atoms with Crippen molar-refractivity contribution < 1.29 is 23.1 Å². The molecule has 0 saturated carbocycles. The molecule has 0 unspecified atom stereocenters. The minimum absolute atomic E-state index is 0.129. The van der Waals surface area contributed by atoms with Gasteiger partial charge in [0.05, 0.1) is 10.9 Å². The van der Waals surface area contributed by atoms with Crippen molar-refractivity contribution in [2.45, 2.75) is 31.8 Å². The Hall–Kier alpha value is -2.17. The van der Waals surface area contributed by atoms with Crippen molar-refractivity contribution in [1.29, 1.82) is 0 Å². The molecule has 0 radical (unpaired) electrons. The number of hydrogen-bond donors (Lipinski definition) is 3. The molecule has 1 fully saturated rings. The maximum Gasteiger partial charge on any atom is 0.437 e. The Labute approximate surface area is 181 Å². The molecular weight excluding hydrogens is 435 g/mol. The SMILES string of the molecule is CCN(CC)c1ccc([C@@H]2NC(=S)N[C@@](O)(C(F)(F)F)[C@H]2C(=O)c2cccs2)cc1. The van der Waals surface area contributed by atoms with Crippen LogP contribution in [-0.2, 0) is 0 Å². The molecule has 10 heteroatoms. The second-order valence-electron chi connectivity index (χ2n) is 6.92. The Morgan fingerprint density at radius 2 is 1.87 bits per heavy atom. The summed E-state index contributed by atoms with van der Waals surface area (Å²) in [5.74, 6) is -2.69. The fourth-order valence-electron chi connectivity index (χ4n) is 3.67. The van der Waals surface area contributed by atoms with Crippen LogP contribution in [0.15, 0.2) is 41.8 Å². The summed E-state index contributed by atoms with van der Waals surface area (Å²) >= 11 is 5.97. The van der Waals surface area contributed by atoms with Gasteiger partial charge in [-0.05, 0) is 55.2 Å². The quantitative estimate of drug-likeness (QED) is 0.452. The smallest absolute Gasteiger partial charge is 0.372 e. The van der Waals surface area contributed by atoms with Crippen LogP contribution in [0.3, 0.4) is 0 Å². The number of thiocarbonyl (C=S) groups is 1. The number of anilines is 1. The third-order valence-electron chi connectivity index (χ3n) is 5.23. The lowest BCUT2D eigenvalue weighted by Gasteiger charge is -2.46. The number of thiophene rings is 1. The summed E-state index contributed by atoms with van der Waals surface area (Å²) in [6.45, 7) is 5.56. The zero-order valence-corrected chi connectivity index (χ0v) is 18.0. The van der Waals surface area contributed by atoms with Gasteiger partial charge in [-0.3, -0.25) is 4.79 Å². The molecule has 5 nitrogen and oxygen atoms in total. The number of carbonyl (C=O) groups is 1. The topological polar surface area (TPSA) is 64.6 Å². The first-order valence-electron chi connectivity index (χ1n) is 9.42. The molecule has 2 aromatic rings. The number of nitrogens with zero attached hydrogens (tertiary/aromatic N) is 1. The van der Waals surface area contributed by atoms with Crippen LogP contribution in [0.1, 0.15) is 35.1 Å². The van der Waals surface area contributed by atoms with Crippen LogP contribution in [0.5, 0.6) is 0 Å². The average Bonchev–Trinajstić information content (AvgIpc) is 3.22. The molecule has 2 heterocycles. The van der Waals surface area contributed by atoms with Gasteiger partial charge in [0.25, 0.3) is 0 Å². The summed E-state index contributed by atoms with van der Waals surface area (Å²) in [7, 11) is 0. The van der Waals surface area contributed by atoms with Crippen LogP contribution in [-0.4, -0.2) is 41.0 Å². The Bertz CT molecular complexity index is 899. The Morgan fingerprint density at radius 3 is 2.37 bits per heavy atom. The average molecular weight is 458 g/mol. The summed E-state index contributed by atoms with van der Waals surface area (Å²) in [5, 5.41) is 16.6. The largest absolute Gasteiger partial charge is 0.437 e. The summed E-state index contributed by atoms with van der Waals surface area (Å²) in [6.07, 6.45) is -5.13. The zero-order chi connectivity index (χ0) is 22.1. The first-order valence-corrected chi connectivity index (χ1v) is 10.7. The van der Waals surface area contributed by atoms with E-state index >= 15 is 0 Å². The minimum Gasteiger partial charge on any atom is -0.372 e. The lowest BCUT2D eigenvalue weighted by molar-refractivity contribution is -0.285. The predicted molar refractivity (Wildman–Crippen MR) is 115 cm³/mol. The highest BCUT2D eigenvalue weighted by molar-refractivity contribution is 7.80. The standard InChI is InChI=1S/C20H22F3N3O2S2/c1-3-26(4-2)13-9-7-12(8-10-13)16-15(17(27)14-6-5-11-30-14)19(28,20(21,22)23)25-18(29)24-16/h5-11,15-16,28H,3-4H2,1-2H3,(H2,24,25,29)/t15-,16+,19+/m1/s1. The number of halogens is 3. The second-order valence-corrected chi connectivity index (χ2v) is 8.28. The number of alkyl halides is 3. The molecule has 3 N–H and O–H groups in total. The van der Waals surface area contributed by atoms with Crippen molar-refractivity contribution in [3.05, 3.63) is 52.2 Å². The maximum absolute atomic E-state index is 13.9. The van der Waals surface area contributed by atoms with E-state index in [4.69, 9.17) is 12.2 Å². The van der Waals surface area contributed by atoms with E-state index < -0.39 is 29.6 Å². The van der Waals surface area contributed by atoms with Gasteiger partial charge < -0.3 is 20.6 Å². The van der Waals surface area contributed by atoms with Crippen molar-refractivity contribution in [3.63, 3.8) is 0 Å². The summed E-state index contributed by atoms with van der Waals surface area (Å²) in [5.41, 5.74) is -2.17. The van der Waals surface area contributed by atoms with Gasteiger partial charge in [0, 0.05) is 18.8 Å². The molecule has 0 bridgehead atoms. The van der Waals surface area contributed by atoms with E-state index in [0.717, 1.165) is 30.1 Å². The minimum atomic E-state index is -5.13. The van der Waals surface area contributed by atoms with Gasteiger partial charge in [0.1, 0.15) is 5.92 Å². The van der Waals surface area contributed by atoms with Gasteiger partial charge in [-0.25, -0.2) is 0 Å². The molecule has 0 spiro atoms. The van der Waals surface area contributed by atoms with E-state index in [9.17, 15) is 23.1 Å². The highest BCUT2D eigenvalue weighted by atomic mass is 32.1. The van der Waals surface area contributed by atoms with Gasteiger partial charge in [-0.15, -0.1) is 11.3 Å². The molecule has 1 aromatic carbocycles. The van der Waals surface area contributed by atoms with Gasteiger partial charge in [0.15, 0.2) is 10.9 Å². The number of benzene rings is 1. The van der Waals surface area contributed by atoms with E-state index in [0.29, 0.717) is 5.56 Å². The maximum atomic E-state index is 13.9. The number of ketones is 1. The number of aliphatic hydroxyl groups is 1. The van der Waals surface area contributed by atoms with Crippen molar-refractivity contribution >= 4 is 40.1 Å². The van der Waals surface area contributed by atoms with Gasteiger partial charge in [-0.1, -0.05) is 18.2 Å². The lowest BCUT2D eigenvalue weighted by atomic mass is 9.78. The molecule has 3 rings (SSSR count). The van der Waals surface area contributed by atoms with Crippen LogP contribution < -0.4 is 15.5 Å². The van der Waals surface area contributed by atoms with Gasteiger partial charge >= 0.3 is 6.18 Å². The van der Waals surface area contributed by atoms with E-state index in [2.05, 4.69) is 10.2 Å². The number of rotatable bonds is 6.